The Morgan fingerprint density at radius 2 is 1.63 bits per heavy atom. The molecule has 0 N–H and O–H groups in total. The van der Waals surface area contributed by atoms with E-state index in [2.05, 4.69) is 30.9 Å². The molecule has 0 unspecified atom stereocenters. The summed E-state index contributed by atoms with van der Waals surface area (Å²) in [4.78, 5) is 21.5. The predicted molar refractivity (Wildman–Crippen MR) is 173 cm³/mol. The smallest absolute Gasteiger partial charge is 0.314 e. The second-order valence-electron chi connectivity index (χ2n) is 12.0. The Morgan fingerprint density at radius 1 is 0.907 bits per heavy atom. The van der Waals surface area contributed by atoms with Crippen LogP contribution in [0.5, 0.6) is 5.75 Å². The zero-order valence-corrected chi connectivity index (χ0v) is 26.9. The summed E-state index contributed by atoms with van der Waals surface area (Å²) >= 11 is 0. The lowest BCUT2D eigenvalue weighted by Crippen LogP contribution is -2.32. The average molecular weight is 606 g/mol. The normalized spacial score (nSPS) is 12.2. The third-order valence-electron chi connectivity index (χ3n) is 6.77. The molecule has 43 heavy (non-hydrogen) atoms. The van der Waals surface area contributed by atoms with Crippen LogP contribution in [0.15, 0.2) is 79.1 Å². The summed E-state index contributed by atoms with van der Waals surface area (Å²) in [7, 11) is 0.754. The van der Waals surface area contributed by atoms with Crippen molar-refractivity contribution in [1.82, 2.24) is 14.5 Å². The summed E-state index contributed by atoms with van der Waals surface area (Å²) in [5.41, 5.74) is 3.92. The SMILES string of the molecule is COC(=O)C(C)(C)COc1ccc(-c2ccc(-c3nc(COCc4ccccc4)cn3COCCS(C)(C)C)cn2)cc1. The van der Waals surface area contributed by atoms with Crippen molar-refractivity contribution in [2.75, 3.05) is 44.8 Å². The van der Waals surface area contributed by atoms with Crippen LogP contribution in [-0.4, -0.2) is 65.3 Å². The van der Waals surface area contributed by atoms with Crippen molar-refractivity contribution in [1.29, 1.82) is 0 Å². The highest BCUT2D eigenvalue weighted by molar-refractivity contribution is 8.32. The lowest BCUT2D eigenvalue weighted by atomic mass is 9.95. The van der Waals surface area contributed by atoms with Crippen molar-refractivity contribution in [2.24, 2.45) is 5.41 Å². The van der Waals surface area contributed by atoms with Gasteiger partial charge in [-0.2, -0.15) is 0 Å². The minimum absolute atomic E-state index is 0.221. The van der Waals surface area contributed by atoms with Gasteiger partial charge < -0.3 is 23.5 Å². The highest BCUT2D eigenvalue weighted by Gasteiger charge is 2.29. The molecule has 0 radical (unpaired) electrons. The van der Waals surface area contributed by atoms with Crippen LogP contribution < -0.4 is 4.74 Å². The number of imidazole rings is 1. The van der Waals surface area contributed by atoms with Crippen LogP contribution in [0, 0.1) is 5.41 Å². The number of ether oxygens (including phenoxy) is 4. The fourth-order valence-electron chi connectivity index (χ4n) is 4.21. The van der Waals surface area contributed by atoms with Gasteiger partial charge in [0.2, 0.25) is 0 Å². The molecule has 4 aromatic rings. The van der Waals surface area contributed by atoms with E-state index in [0.29, 0.717) is 32.3 Å². The number of nitrogens with zero attached hydrogens (tertiary/aromatic N) is 3. The summed E-state index contributed by atoms with van der Waals surface area (Å²) < 4.78 is 24.7. The maximum atomic E-state index is 11.9. The number of hydrogen-bond acceptors (Lipinski definition) is 7. The Hall–Kier alpha value is -3.66. The van der Waals surface area contributed by atoms with E-state index in [0.717, 1.165) is 39.7 Å². The van der Waals surface area contributed by atoms with Crippen LogP contribution in [0.3, 0.4) is 0 Å². The number of benzene rings is 2. The molecule has 0 aliphatic heterocycles. The molecule has 0 fully saturated rings. The molecule has 9 heteroatoms. The number of carbonyl (C=O) groups is 1. The van der Waals surface area contributed by atoms with Crippen LogP contribution >= 0.6 is 10.0 Å². The highest BCUT2D eigenvalue weighted by Crippen LogP contribution is 2.33. The number of rotatable bonds is 15. The van der Waals surface area contributed by atoms with Gasteiger partial charge in [-0.05, 0) is 74.6 Å². The first-order valence-electron chi connectivity index (χ1n) is 14.2. The minimum atomic E-state index is -0.733. The molecule has 0 aliphatic rings. The van der Waals surface area contributed by atoms with Gasteiger partial charge in [-0.25, -0.2) is 15.0 Å². The maximum Gasteiger partial charge on any atom is 0.314 e. The highest BCUT2D eigenvalue weighted by atomic mass is 32.3. The number of carbonyl (C=O) groups excluding carboxylic acids is 1. The first-order valence-corrected chi connectivity index (χ1v) is 17.3. The first-order chi connectivity index (χ1) is 20.5. The Kier molecular flexibility index (Phi) is 11.0. The molecule has 0 saturated heterocycles. The van der Waals surface area contributed by atoms with E-state index in [4.69, 9.17) is 28.9 Å². The Morgan fingerprint density at radius 3 is 2.28 bits per heavy atom. The predicted octanol–water partition coefficient (Wildman–Crippen LogP) is 6.58. The van der Waals surface area contributed by atoms with Crippen LogP contribution in [0.4, 0.5) is 0 Å². The fourth-order valence-corrected chi connectivity index (χ4v) is 4.82. The molecule has 0 bridgehead atoms. The lowest BCUT2D eigenvalue weighted by molar-refractivity contribution is -0.152. The van der Waals surface area contributed by atoms with E-state index in [1.807, 2.05) is 71.6 Å². The average Bonchev–Trinajstić information content (AvgIpc) is 3.41. The number of aromatic nitrogens is 3. The summed E-state index contributed by atoms with van der Waals surface area (Å²) in [6.07, 6.45) is 10.7. The van der Waals surface area contributed by atoms with Crippen molar-refractivity contribution in [2.45, 2.75) is 33.8 Å². The van der Waals surface area contributed by atoms with E-state index >= 15 is 0 Å². The molecule has 2 heterocycles. The summed E-state index contributed by atoms with van der Waals surface area (Å²) in [5, 5.41) is 0. The topological polar surface area (TPSA) is 84.7 Å². The fraction of sp³-hybridized carbons (Fsp3) is 0.382. The van der Waals surface area contributed by atoms with Gasteiger partial charge in [-0.15, -0.1) is 0 Å². The monoisotopic (exact) mass is 605 g/mol. The van der Waals surface area contributed by atoms with Crippen molar-refractivity contribution < 1.29 is 23.7 Å². The zero-order valence-electron chi connectivity index (χ0n) is 26.0. The molecular formula is C34H43N3O5S. The van der Waals surface area contributed by atoms with Gasteiger partial charge in [0.1, 0.15) is 24.9 Å². The molecule has 8 nitrogen and oxygen atoms in total. The quantitative estimate of drug-likeness (QED) is 0.112. The Balaban J connectivity index is 1.44. The molecule has 0 saturated carbocycles. The number of pyridine rings is 1. The van der Waals surface area contributed by atoms with E-state index in [9.17, 15) is 4.79 Å². The van der Waals surface area contributed by atoms with Gasteiger partial charge in [0.05, 0.1) is 43.7 Å². The largest absolute Gasteiger partial charge is 0.492 e. The Labute approximate surface area is 256 Å². The van der Waals surface area contributed by atoms with Gasteiger partial charge >= 0.3 is 5.97 Å². The minimum Gasteiger partial charge on any atom is -0.492 e. The zero-order chi connectivity index (χ0) is 30.9. The van der Waals surface area contributed by atoms with E-state index in [1.165, 1.54) is 7.11 Å². The summed E-state index contributed by atoms with van der Waals surface area (Å²) in [5.74, 6) is 2.21. The van der Waals surface area contributed by atoms with Crippen molar-refractivity contribution >= 4 is 16.0 Å². The molecule has 0 amide bonds. The number of esters is 1. The van der Waals surface area contributed by atoms with Crippen LogP contribution in [0.25, 0.3) is 22.6 Å². The van der Waals surface area contributed by atoms with Gasteiger partial charge in [-0.3, -0.25) is 9.78 Å². The molecule has 230 valence electrons. The van der Waals surface area contributed by atoms with Crippen LogP contribution in [-0.2, 0) is 38.9 Å². The van der Waals surface area contributed by atoms with Gasteiger partial charge in [0.25, 0.3) is 0 Å². The molecule has 4 rings (SSSR count). The van der Waals surface area contributed by atoms with E-state index in [-0.39, 0.29) is 12.6 Å². The number of methoxy groups -OCH3 is 1. The first kappa shape index (κ1) is 32.3. The van der Waals surface area contributed by atoms with Crippen molar-refractivity contribution in [3.63, 3.8) is 0 Å². The van der Waals surface area contributed by atoms with E-state index in [1.54, 1.807) is 13.8 Å². The van der Waals surface area contributed by atoms with Gasteiger partial charge in [0.15, 0.2) is 0 Å². The van der Waals surface area contributed by atoms with Crippen LogP contribution in [0.1, 0.15) is 25.1 Å². The molecule has 0 aliphatic carbocycles. The second-order valence-corrected chi connectivity index (χ2v) is 16.5. The summed E-state index contributed by atoms with van der Waals surface area (Å²) in [6, 6.07) is 21.8. The third kappa shape index (κ3) is 9.68. The van der Waals surface area contributed by atoms with Gasteiger partial charge in [-0.1, -0.05) is 30.3 Å². The molecule has 0 spiro atoms. The lowest BCUT2D eigenvalue weighted by Gasteiger charge is -2.24. The maximum absolute atomic E-state index is 11.9. The van der Waals surface area contributed by atoms with Gasteiger partial charge in [0, 0.05) is 29.3 Å². The van der Waals surface area contributed by atoms with Crippen molar-refractivity contribution in [3.8, 4) is 28.4 Å². The van der Waals surface area contributed by atoms with Crippen molar-refractivity contribution in [3.05, 3.63) is 90.4 Å². The molecule has 2 aromatic carbocycles. The molecular weight excluding hydrogens is 562 g/mol. The number of hydrogen-bond donors (Lipinski definition) is 0. The third-order valence-corrected chi connectivity index (χ3v) is 8.16. The molecule has 2 aromatic heterocycles. The standard InChI is InChI=1S/C34H43N3O5S/c1-34(2,33(38)39-3)24-42-30-15-12-27(13-16-30)31-17-14-28(20-35-31)32-36-29(23-41-22-26-10-8-7-9-11-26)21-37(32)25-40-18-19-43(4,5)6/h7-17,20-21H,18-19,22-25H2,1-6H3. The van der Waals surface area contributed by atoms with Crippen LogP contribution in [0.2, 0.25) is 0 Å². The Bertz CT molecular complexity index is 1450. The summed E-state index contributed by atoms with van der Waals surface area (Å²) in [6.45, 7) is 5.85. The molecule has 0 atom stereocenters. The second kappa shape index (κ2) is 14.7. The van der Waals surface area contributed by atoms with E-state index < -0.39 is 15.4 Å².